The molecule has 0 unspecified atom stereocenters. The van der Waals surface area contributed by atoms with Crippen LogP contribution in [0.4, 0.5) is 23.7 Å². The monoisotopic (exact) mass is 306 g/mol. The molecule has 0 aliphatic rings. The van der Waals surface area contributed by atoms with Gasteiger partial charge < -0.3 is 20.8 Å². The minimum atomic E-state index is -1.74. The Morgan fingerprint density at radius 2 is 1.62 bits per heavy atom. The number of amides is 2. The van der Waals surface area contributed by atoms with Crippen molar-refractivity contribution in [1.82, 2.24) is 5.32 Å². The lowest BCUT2D eigenvalue weighted by atomic mass is 10.2. The van der Waals surface area contributed by atoms with Crippen molar-refractivity contribution in [3.8, 4) is 0 Å². The Morgan fingerprint density at radius 1 is 1.10 bits per heavy atom. The number of carboxylic acids is 2. The second-order valence-corrected chi connectivity index (χ2v) is 3.84. The van der Waals surface area contributed by atoms with E-state index in [0.29, 0.717) is 12.1 Å². The fourth-order valence-electron chi connectivity index (χ4n) is 1.33. The molecule has 1 aromatic carbocycles. The number of hydrogen-bond acceptors (Lipinski definition) is 3. The van der Waals surface area contributed by atoms with E-state index < -0.39 is 53.6 Å². The third-order valence-electron chi connectivity index (χ3n) is 2.22. The molecular weight excluding hydrogens is 297 g/mol. The molecule has 0 saturated carbocycles. The quantitative estimate of drug-likeness (QED) is 0.609. The molecule has 1 atom stereocenters. The molecule has 10 heteroatoms. The maximum Gasteiger partial charge on any atom is 0.326 e. The highest BCUT2D eigenvalue weighted by Crippen LogP contribution is 2.17. The average Bonchev–Trinajstić information content (AvgIpc) is 2.34. The zero-order valence-corrected chi connectivity index (χ0v) is 10.2. The van der Waals surface area contributed by atoms with Crippen LogP contribution in [-0.2, 0) is 9.59 Å². The minimum Gasteiger partial charge on any atom is -0.481 e. The van der Waals surface area contributed by atoms with Crippen LogP contribution in [0.1, 0.15) is 6.42 Å². The van der Waals surface area contributed by atoms with Crippen LogP contribution in [0.15, 0.2) is 12.1 Å². The van der Waals surface area contributed by atoms with E-state index in [9.17, 15) is 27.6 Å². The van der Waals surface area contributed by atoms with Crippen molar-refractivity contribution in [2.75, 3.05) is 5.32 Å². The van der Waals surface area contributed by atoms with Gasteiger partial charge in [-0.15, -0.1) is 0 Å². The molecule has 4 N–H and O–H groups in total. The molecule has 0 aliphatic carbocycles. The number of halogens is 3. The topological polar surface area (TPSA) is 116 Å². The van der Waals surface area contributed by atoms with E-state index in [2.05, 4.69) is 0 Å². The number of anilines is 1. The van der Waals surface area contributed by atoms with E-state index in [1.807, 2.05) is 5.32 Å². The van der Waals surface area contributed by atoms with Gasteiger partial charge >= 0.3 is 18.0 Å². The van der Waals surface area contributed by atoms with E-state index >= 15 is 0 Å². The fourth-order valence-corrected chi connectivity index (χ4v) is 1.33. The first kappa shape index (κ1) is 16.3. The summed E-state index contributed by atoms with van der Waals surface area (Å²) in [6.07, 6.45) is -0.894. The number of urea groups is 1. The van der Waals surface area contributed by atoms with E-state index in [1.54, 1.807) is 5.32 Å². The average molecular weight is 306 g/mol. The molecule has 0 heterocycles. The Kier molecular flexibility index (Phi) is 5.11. The van der Waals surface area contributed by atoms with Crippen LogP contribution < -0.4 is 10.6 Å². The van der Waals surface area contributed by atoms with Crippen LogP contribution in [0.2, 0.25) is 0 Å². The zero-order chi connectivity index (χ0) is 16.2. The summed E-state index contributed by atoms with van der Waals surface area (Å²) in [6.45, 7) is 0. The molecule has 2 amide bonds. The zero-order valence-electron chi connectivity index (χ0n) is 10.2. The minimum absolute atomic E-state index is 0.469. The molecule has 0 aromatic heterocycles. The second kappa shape index (κ2) is 6.59. The van der Waals surface area contributed by atoms with Crippen molar-refractivity contribution in [3.05, 3.63) is 29.6 Å². The summed E-state index contributed by atoms with van der Waals surface area (Å²) in [5, 5.41) is 20.8. The van der Waals surface area contributed by atoms with Gasteiger partial charge in [0.1, 0.15) is 6.04 Å². The molecule has 0 fully saturated rings. The van der Waals surface area contributed by atoms with Crippen LogP contribution in [0.3, 0.4) is 0 Å². The number of benzene rings is 1. The Bertz CT molecular complexity index is 570. The van der Waals surface area contributed by atoms with Crippen LogP contribution >= 0.6 is 0 Å². The number of rotatable bonds is 5. The van der Waals surface area contributed by atoms with E-state index in [4.69, 9.17) is 10.2 Å². The third-order valence-corrected chi connectivity index (χ3v) is 2.22. The first-order valence-corrected chi connectivity index (χ1v) is 5.37. The predicted molar refractivity (Wildman–Crippen MR) is 62.1 cm³/mol. The van der Waals surface area contributed by atoms with Gasteiger partial charge in [0.15, 0.2) is 17.5 Å². The summed E-state index contributed by atoms with van der Waals surface area (Å²) >= 11 is 0. The Labute approximate surface area is 115 Å². The van der Waals surface area contributed by atoms with Crippen molar-refractivity contribution in [2.24, 2.45) is 0 Å². The number of carbonyl (C=O) groups is 3. The number of aliphatic carboxylic acids is 2. The summed E-state index contributed by atoms with van der Waals surface area (Å²) in [4.78, 5) is 32.5. The van der Waals surface area contributed by atoms with E-state index in [-0.39, 0.29) is 0 Å². The van der Waals surface area contributed by atoms with Crippen LogP contribution in [-0.4, -0.2) is 34.2 Å². The van der Waals surface area contributed by atoms with Crippen molar-refractivity contribution >= 4 is 23.7 Å². The van der Waals surface area contributed by atoms with Gasteiger partial charge in [0.05, 0.1) is 6.42 Å². The van der Waals surface area contributed by atoms with E-state index in [0.717, 1.165) is 0 Å². The number of hydrogen-bond donors (Lipinski definition) is 4. The van der Waals surface area contributed by atoms with Crippen molar-refractivity contribution in [2.45, 2.75) is 12.5 Å². The maximum atomic E-state index is 12.9. The molecule has 0 radical (unpaired) electrons. The highest BCUT2D eigenvalue weighted by Gasteiger charge is 2.23. The molecule has 0 aliphatic heterocycles. The van der Waals surface area contributed by atoms with Crippen molar-refractivity contribution in [1.29, 1.82) is 0 Å². The molecule has 1 aromatic rings. The Morgan fingerprint density at radius 3 is 2.05 bits per heavy atom. The lowest BCUT2D eigenvalue weighted by Gasteiger charge is -2.13. The summed E-state index contributed by atoms with van der Waals surface area (Å²) in [6, 6.07) is -2.00. The van der Waals surface area contributed by atoms with Crippen LogP contribution in [0.25, 0.3) is 0 Å². The molecular formula is C11H9F3N2O5. The first-order chi connectivity index (χ1) is 9.70. The lowest BCUT2D eigenvalue weighted by molar-refractivity contribution is -0.145. The largest absolute Gasteiger partial charge is 0.481 e. The van der Waals surface area contributed by atoms with Gasteiger partial charge in [0.25, 0.3) is 0 Å². The predicted octanol–water partition coefficient (Wildman–Crippen LogP) is 1.15. The van der Waals surface area contributed by atoms with Gasteiger partial charge in [-0.1, -0.05) is 0 Å². The smallest absolute Gasteiger partial charge is 0.326 e. The highest BCUT2D eigenvalue weighted by atomic mass is 19.2. The first-order valence-electron chi connectivity index (χ1n) is 5.37. The van der Waals surface area contributed by atoms with Gasteiger partial charge in [-0.2, -0.15) is 0 Å². The molecule has 21 heavy (non-hydrogen) atoms. The standard InChI is InChI=1S/C11H9F3N2O5/c12-5-1-4(2-6(13)9(5)14)15-11(21)16-7(10(19)20)3-8(17)18/h1-2,7H,3H2,(H,17,18)(H,19,20)(H2,15,16,21)/t7-/m1/s1. The molecule has 1 rings (SSSR count). The molecule has 0 saturated heterocycles. The molecule has 0 bridgehead atoms. The summed E-state index contributed by atoms with van der Waals surface area (Å²) < 4.78 is 38.5. The maximum absolute atomic E-state index is 12.9. The summed E-state index contributed by atoms with van der Waals surface area (Å²) in [7, 11) is 0. The van der Waals surface area contributed by atoms with Crippen molar-refractivity contribution < 1.29 is 37.8 Å². The lowest BCUT2D eigenvalue weighted by Crippen LogP contribution is -2.44. The third kappa shape index (κ3) is 4.67. The van der Waals surface area contributed by atoms with Crippen molar-refractivity contribution in [3.63, 3.8) is 0 Å². The fraction of sp³-hybridized carbons (Fsp3) is 0.182. The molecule has 114 valence electrons. The normalized spacial score (nSPS) is 11.6. The molecule has 0 spiro atoms. The van der Waals surface area contributed by atoms with Crippen LogP contribution in [0.5, 0.6) is 0 Å². The number of carbonyl (C=O) groups excluding carboxylic acids is 1. The Balaban J connectivity index is 2.76. The number of carboxylic acid groups (broad SMARTS) is 2. The number of nitrogens with one attached hydrogen (secondary N) is 2. The summed E-state index contributed by atoms with van der Waals surface area (Å²) in [5.74, 6) is -7.91. The van der Waals surface area contributed by atoms with E-state index in [1.165, 1.54) is 0 Å². The summed E-state index contributed by atoms with van der Waals surface area (Å²) in [5.41, 5.74) is -0.469. The van der Waals surface area contributed by atoms with Gasteiger partial charge in [-0.25, -0.2) is 22.8 Å². The van der Waals surface area contributed by atoms with Gasteiger partial charge in [-0.05, 0) is 0 Å². The van der Waals surface area contributed by atoms with Crippen LogP contribution in [0, 0.1) is 17.5 Å². The van der Waals surface area contributed by atoms with Gasteiger partial charge in [0.2, 0.25) is 0 Å². The second-order valence-electron chi connectivity index (χ2n) is 3.84. The Hall–Kier alpha value is -2.78. The highest BCUT2D eigenvalue weighted by molar-refractivity contribution is 5.93. The SMILES string of the molecule is O=C(O)C[C@@H](NC(=O)Nc1cc(F)c(F)c(F)c1)C(=O)O. The molecule has 7 nitrogen and oxygen atoms in total. The van der Waals surface area contributed by atoms with Gasteiger partial charge in [0, 0.05) is 17.8 Å². The van der Waals surface area contributed by atoms with Gasteiger partial charge in [-0.3, -0.25) is 4.79 Å².